The Morgan fingerprint density at radius 3 is 2.61 bits per heavy atom. The Labute approximate surface area is 147 Å². The number of halogens is 2. The highest BCUT2D eigenvalue weighted by Gasteiger charge is 2.20. The summed E-state index contributed by atoms with van der Waals surface area (Å²) in [6, 6.07) is 10.4. The van der Waals surface area contributed by atoms with Crippen molar-refractivity contribution in [1.29, 1.82) is 0 Å². The second kappa shape index (κ2) is 8.39. The van der Waals surface area contributed by atoms with Gasteiger partial charge in [-0.05, 0) is 36.6 Å². The van der Waals surface area contributed by atoms with E-state index < -0.39 is 0 Å². The average molecular weight is 354 g/mol. The van der Waals surface area contributed by atoms with Gasteiger partial charge in [0.2, 0.25) is 0 Å². The summed E-state index contributed by atoms with van der Waals surface area (Å²) < 4.78 is 11.2. The molecule has 0 saturated heterocycles. The summed E-state index contributed by atoms with van der Waals surface area (Å²) >= 11 is 5.77. The van der Waals surface area contributed by atoms with Crippen molar-refractivity contribution < 1.29 is 21.9 Å². The van der Waals surface area contributed by atoms with Crippen LogP contribution < -0.4 is 27.2 Å². The molecular weight excluding hydrogens is 335 g/mol. The molecule has 0 radical (unpaired) electrons. The van der Waals surface area contributed by atoms with Crippen molar-refractivity contribution >= 4 is 11.6 Å². The van der Waals surface area contributed by atoms with E-state index in [0.29, 0.717) is 17.8 Å². The van der Waals surface area contributed by atoms with Crippen LogP contribution in [0.2, 0.25) is 5.15 Å². The van der Waals surface area contributed by atoms with Crippen LogP contribution in [0.15, 0.2) is 36.5 Å². The molecule has 0 atom stereocenters. The zero-order valence-electron chi connectivity index (χ0n) is 12.9. The van der Waals surface area contributed by atoms with Gasteiger partial charge in [-0.3, -0.25) is 0 Å². The van der Waals surface area contributed by atoms with Crippen molar-refractivity contribution in [2.24, 2.45) is 0 Å². The molecule has 0 bridgehead atoms. The molecule has 0 spiro atoms. The lowest BCUT2D eigenvalue weighted by atomic mass is 10.2. The van der Waals surface area contributed by atoms with Crippen LogP contribution in [0.25, 0.3) is 0 Å². The van der Waals surface area contributed by atoms with E-state index in [4.69, 9.17) is 21.1 Å². The molecule has 124 valence electrons. The van der Waals surface area contributed by atoms with Crippen LogP contribution in [0.1, 0.15) is 24.0 Å². The number of nitrogens with one attached hydrogen (secondary N) is 1. The van der Waals surface area contributed by atoms with Crippen molar-refractivity contribution in [2.75, 3.05) is 7.11 Å². The van der Waals surface area contributed by atoms with E-state index in [1.165, 1.54) is 18.4 Å². The molecule has 0 unspecified atom stereocenters. The second-order valence-electron chi connectivity index (χ2n) is 5.42. The first-order valence-electron chi connectivity index (χ1n) is 7.38. The van der Waals surface area contributed by atoms with Crippen molar-refractivity contribution in [3.8, 4) is 11.5 Å². The smallest absolute Gasteiger partial charge is 0.161 e. The zero-order valence-corrected chi connectivity index (χ0v) is 14.4. The highest BCUT2D eigenvalue weighted by molar-refractivity contribution is 6.29. The van der Waals surface area contributed by atoms with E-state index >= 15 is 0 Å². The third-order valence-electron chi connectivity index (χ3n) is 3.58. The molecule has 1 aliphatic rings. The topological polar surface area (TPSA) is 43.4 Å². The van der Waals surface area contributed by atoms with Gasteiger partial charge in [0.15, 0.2) is 11.5 Å². The van der Waals surface area contributed by atoms with Gasteiger partial charge in [0.1, 0.15) is 11.8 Å². The number of ether oxygens (including phenoxy) is 2. The number of hydrogen-bond acceptors (Lipinski definition) is 4. The van der Waals surface area contributed by atoms with Crippen LogP contribution in [-0.4, -0.2) is 18.1 Å². The lowest BCUT2D eigenvalue weighted by Gasteiger charge is -2.12. The third-order valence-corrected chi connectivity index (χ3v) is 3.81. The number of methoxy groups -OCH3 is 1. The van der Waals surface area contributed by atoms with E-state index in [0.717, 1.165) is 23.6 Å². The van der Waals surface area contributed by atoms with Crippen LogP contribution in [0.5, 0.6) is 11.5 Å². The second-order valence-corrected chi connectivity index (χ2v) is 5.81. The quantitative estimate of drug-likeness (QED) is 0.739. The van der Waals surface area contributed by atoms with Crippen molar-refractivity contribution in [1.82, 2.24) is 10.3 Å². The van der Waals surface area contributed by atoms with Crippen LogP contribution in [0, 0.1) is 0 Å². The summed E-state index contributed by atoms with van der Waals surface area (Å²) in [5.41, 5.74) is 2.16. The first kappa shape index (κ1) is 17.9. The lowest BCUT2D eigenvalue weighted by molar-refractivity contribution is -0.00000507. The monoisotopic (exact) mass is 353 g/mol. The molecule has 1 saturated carbocycles. The minimum atomic E-state index is 0. The van der Waals surface area contributed by atoms with Gasteiger partial charge in [0, 0.05) is 24.3 Å². The molecule has 1 aromatic carbocycles. The van der Waals surface area contributed by atoms with Gasteiger partial charge >= 0.3 is 0 Å². The highest BCUT2D eigenvalue weighted by atomic mass is 35.5. The summed E-state index contributed by atoms with van der Waals surface area (Å²) in [6.07, 6.45) is 4.28. The molecule has 2 aromatic rings. The van der Waals surface area contributed by atoms with Crippen LogP contribution in [-0.2, 0) is 13.2 Å². The van der Waals surface area contributed by atoms with Gasteiger partial charge in [-0.15, -0.1) is 0 Å². The number of benzene rings is 1. The summed E-state index contributed by atoms with van der Waals surface area (Å²) in [4.78, 5) is 4.04. The first-order valence-corrected chi connectivity index (χ1v) is 7.76. The fraction of sp³-hybridized carbons (Fsp3) is 0.353. The summed E-state index contributed by atoms with van der Waals surface area (Å²) in [5.74, 6) is 1.48. The predicted molar refractivity (Wildman–Crippen MR) is 86.4 cm³/mol. The molecular formula is C17H19Cl2N2O2-. The molecule has 1 fully saturated rings. The SMILES string of the molecule is COc1cc(CNC2CC2)ccc1OCc1ccc(Cl)nc1.[Cl-]. The number of hydrogen-bond donors (Lipinski definition) is 1. The van der Waals surface area contributed by atoms with Crippen molar-refractivity contribution in [3.05, 3.63) is 52.8 Å². The standard InChI is InChI=1S/C17H19ClN2O2.ClH/c1-21-16-8-12(9-19-14-4-5-14)2-6-15(16)22-11-13-3-7-17(18)20-10-13;/h2-3,6-8,10,14,19H,4-5,9,11H2,1H3;1H/p-1. The molecule has 1 aliphatic carbocycles. The molecule has 23 heavy (non-hydrogen) atoms. The van der Waals surface area contributed by atoms with Gasteiger partial charge in [0.05, 0.1) is 7.11 Å². The largest absolute Gasteiger partial charge is 1.00 e. The van der Waals surface area contributed by atoms with Gasteiger partial charge < -0.3 is 27.2 Å². The fourth-order valence-electron chi connectivity index (χ4n) is 2.14. The Hall–Kier alpha value is -1.49. The van der Waals surface area contributed by atoms with Crippen LogP contribution in [0.4, 0.5) is 0 Å². The Morgan fingerprint density at radius 2 is 1.96 bits per heavy atom. The normalized spacial score (nSPS) is 13.3. The number of nitrogens with zero attached hydrogens (tertiary/aromatic N) is 1. The Bertz CT molecular complexity index is 631. The van der Waals surface area contributed by atoms with Gasteiger partial charge in [-0.2, -0.15) is 0 Å². The third kappa shape index (κ3) is 5.27. The fourth-order valence-corrected chi connectivity index (χ4v) is 2.26. The van der Waals surface area contributed by atoms with Gasteiger partial charge in [0.25, 0.3) is 0 Å². The van der Waals surface area contributed by atoms with Crippen molar-refractivity contribution in [3.63, 3.8) is 0 Å². The van der Waals surface area contributed by atoms with Gasteiger partial charge in [-0.1, -0.05) is 23.7 Å². The molecule has 1 heterocycles. The summed E-state index contributed by atoms with van der Waals surface area (Å²) in [7, 11) is 1.66. The van der Waals surface area contributed by atoms with Crippen LogP contribution >= 0.6 is 11.6 Å². The van der Waals surface area contributed by atoms with E-state index in [9.17, 15) is 0 Å². The molecule has 4 nitrogen and oxygen atoms in total. The van der Waals surface area contributed by atoms with E-state index in [2.05, 4.69) is 16.4 Å². The average Bonchev–Trinajstić information content (AvgIpc) is 3.37. The highest BCUT2D eigenvalue weighted by Crippen LogP contribution is 2.29. The maximum atomic E-state index is 5.82. The predicted octanol–water partition coefficient (Wildman–Crippen LogP) is 0.579. The Kier molecular flexibility index (Phi) is 6.51. The zero-order chi connectivity index (χ0) is 15.4. The van der Waals surface area contributed by atoms with E-state index in [1.807, 2.05) is 18.2 Å². The van der Waals surface area contributed by atoms with E-state index in [-0.39, 0.29) is 12.4 Å². The van der Waals surface area contributed by atoms with Crippen molar-refractivity contribution in [2.45, 2.75) is 32.0 Å². The molecule has 0 amide bonds. The Balaban J connectivity index is 0.00000192. The summed E-state index contributed by atoms with van der Waals surface area (Å²) in [6.45, 7) is 1.29. The molecule has 3 rings (SSSR count). The Morgan fingerprint density at radius 1 is 1.17 bits per heavy atom. The maximum absolute atomic E-state index is 5.82. The van der Waals surface area contributed by atoms with Gasteiger partial charge in [-0.25, -0.2) is 4.98 Å². The summed E-state index contributed by atoms with van der Waals surface area (Å²) in [5, 5.41) is 3.97. The van der Waals surface area contributed by atoms with Crippen LogP contribution in [0.3, 0.4) is 0 Å². The number of aromatic nitrogens is 1. The number of pyridine rings is 1. The molecule has 1 aromatic heterocycles. The maximum Gasteiger partial charge on any atom is 0.161 e. The molecule has 1 N–H and O–H groups in total. The molecule has 6 heteroatoms. The lowest BCUT2D eigenvalue weighted by Crippen LogP contribution is -3.00. The minimum Gasteiger partial charge on any atom is -1.00 e. The van der Waals surface area contributed by atoms with E-state index in [1.54, 1.807) is 19.4 Å². The minimum absolute atomic E-state index is 0. The number of rotatable bonds is 7. The molecule has 0 aliphatic heterocycles. The first-order chi connectivity index (χ1) is 10.7.